The van der Waals surface area contributed by atoms with Gasteiger partial charge in [0.25, 0.3) is 0 Å². The lowest BCUT2D eigenvalue weighted by Crippen LogP contribution is -2.40. The molecule has 0 aliphatic heterocycles. The zero-order valence-electron chi connectivity index (χ0n) is 13.7. The zero-order valence-corrected chi connectivity index (χ0v) is 13.7. The summed E-state index contributed by atoms with van der Waals surface area (Å²) >= 11 is 0. The molecule has 1 aliphatic carbocycles. The lowest BCUT2D eigenvalue weighted by Gasteiger charge is -2.29. The molecule has 2 rings (SSSR count). The number of aryl methyl sites for hydroxylation is 1. The molecule has 118 valence electrons. The van der Waals surface area contributed by atoms with Crippen LogP contribution < -0.4 is 5.32 Å². The second-order valence-electron chi connectivity index (χ2n) is 6.71. The van der Waals surface area contributed by atoms with Crippen molar-refractivity contribution in [1.29, 1.82) is 0 Å². The highest BCUT2D eigenvalue weighted by atomic mass is 16.3. The van der Waals surface area contributed by atoms with Crippen molar-refractivity contribution in [1.82, 2.24) is 10.2 Å². The van der Waals surface area contributed by atoms with Gasteiger partial charge in [-0.25, -0.2) is 0 Å². The van der Waals surface area contributed by atoms with Gasteiger partial charge in [0, 0.05) is 12.6 Å². The third-order valence-corrected chi connectivity index (χ3v) is 4.73. The zero-order chi connectivity index (χ0) is 15.3. The Morgan fingerprint density at radius 3 is 2.43 bits per heavy atom. The van der Waals surface area contributed by atoms with Gasteiger partial charge >= 0.3 is 0 Å². The van der Waals surface area contributed by atoms with Gasteiger partial charge in [-0.15, -0.1) is 0 Å². The van der Waals surface area contributed by atoms with Gasteiger partial charge in [-0.05, 0) is 52.4 Å². The van der Waals surface area contributed by atoms with Crippen LogP contribution in [0.15, 0.2) is 24.3 Å². The highest BCUT2D eigenvalue weighted by Gasteiger charge is 2.32. The van der Waals surface area contributed by atoms with E-state index >= 15 is 0 Å². The Bertz CT molecular complexity index is 423. The summed E-state index contributed by atoms with van der Waals surface area (Å²) in [7, 11) is 4.15. The molecule has 1 atom stereocenters. The summed E-state index contributed by atoms with van der Waals surface area (Å²) in [6, 6.07) is 9.14. The predicted molar refractivity (Wildman–Crippen MR) is 88.5 cm³/mol. The molecule has 0 spiro atoms. The van der Waals surface area contributed by atoms with Crippen molar-refractivity contribution in [2.75, 3.05) is 27.2 Å². The quantitative estimate of drug-likeness (QED) is 0.810. The van der Waals surface area contributed by atoms with Crippen LogP contribution in [0.5, 0.6) is 0 Å². The van der Waals surface area contributed by atoms with Crippen LogP contribution in [0.25, 0.3) is 0 Å². The van der Waals surface area contributed by atoms with E-state index in [4.69, 9.17) is 0 Å². The van der Waals surface area contributed by atoms with Gasteiger partial charge in [0.15, 0.2) is 0 Å². The molecule has 1 aliphatic rings. The van der Waals surface area contributed by atoms with E-state index in [9.17, 15) is 5.11 Å². The van der Waals surface area contributed by atoms with E-state index in [0.29, 0.717) is 6.04 Å². The van der Waals surface area contributed by atoms with Gasteiger partial charge in [0.05, 0.1) is 5.60 Å². The molecule has 3 nitrogen and oxygen atoms in total. The minimum atomic E-state index is -0.437. The fourth-order valence-corrected chi connectivity index (χ4v) is 3.40. The lowest BCUT2D eigenvalue weighted by atomic mass is 10.0. The summed E-state index contributed by atoms with van der Waals surface area (Å²) in [6.45, 7) is 3.92. The van der Waals surface area contributed by atoms with Crippen LogP contribution in [0.2, 0.25) is 0 Å². The SMILES string of the molecule is CNC(CCN(C)CC1(O)CCCC1)c1ccc(C)cc1. The molecule has 1 saturated carbocycles. The molecule has 1 aromatic carbocycles. The number of aliphatic hydroxyl groups is 1. The maximum atomic E-state index is 10.5. The van der Waals surface area contributed by atoms with E-state index in [1.165, 1.54) is 24.0 Å². The van der Waals surface area contributed by atoms with Crippen molar-refractivity contribution in [3.05, 3.63) is 35.4 Å². The van der Waals surface area contributed by atoms with Gasteiger partial charge in [-0.1, -0.05) is 42.7 Å². The van der Waals surface area contributed by atoms with Crippen LogP contribution in [0.1, 0.15) is 49.3 Å². The standard InChI is InChI=1S/C18H30N2O/c1-15-6-8-16(9-7-15)17(19-2)10-13-20(3)14-18(21)11-4-5-12-18/h6-9,17,19,21H,4-5,10-14H2,1-3H3. The number of rotatable bonds is 7. The Labute approximate surface area is 129 Å². The van der Waals surface area contributed by atoms with Gasteiger partial charge in [0.1, 0.15) is 0 Å². The van der Waals surface area contributed by atoms with Gasteiger partial charge in [0.2, 0.25) is 0 Å². The van der Waals surface area contributed by atoms with Crippen LogP contribution in [-0.2, 0) is 0 Å². The summed E-state index contributed by atoms with van der Waals surface area (Å²) in [5.74, 6) is 0. The summed E-state index contributed by atoms with van der Waals surface area (Å²) in [6.07, 6.45) is 5.33. The summed E-state index contributed by atoms with van der Waals surface area (Å²) in [4.78, 5) is 2.28. The molecule has 0 aromatic heterocycles. The summed E-state index contributed by atoms with van der Waals surface area (Å²) < 4.78 is 0. The Hall–Kier alpha value is -0.900. The first-order chi connectivity index (χ1) is 10.0. The molecule has 1 unspecified atom stereocenters. The average Bonchev–Trinajstić information content (AvgIpc) is 2.87. The first-order valence-corrected chi connectivity index (χ1v) is 8.17. The number of nitrogens with zero attached hydrogens (tertiary/aromatic N) is 1. The molecule has 2 N–H and O–H groups in total. The molecule has 3 heteroatoms. The fourth-order valence-electron chi connectivity index (χ4n) is 3.40. The Kier molecular flexibility index (Phi) is 5.80. The Morgan fingerprint density at radius 1 is 1.24 bits per heavy atom. The molecule has 0 heterocycles. The topological polar surface area (TPSA) is 35.5 Å². The lowest BCUT2D eigenvalue weighted by molar-refractivity contribution is 0.0157. The molecule has 0 saturated heterocycles. The summed E-state index contributed by atoms with van der Waals surface area (Å²) in [5, 5.41) is 13.9. The number of nitrogens with one attached hydrogen (secondary N) is 1. The fraction of sp³-hybridized carbons (Fsp3) is 0.667. The van der Waals surface area contributed by atoms with E-state index in [1.54, 1.807) is 0 Å². The molecular weight excluding hydrogens is 260 g/mol. The smallest absolute Gasteiger partial charge is 0.0774 e. The minimum Gasteiger partial charge on any atom is -0.389 e. The average molecular weight is 290 g/mol. The van der Waals surface area contributed by atoms with Crippen molar-refractivity contribution < 1.29 is 5.11 Å². The van der Waals surface area contributed by atoms with Gasteiger partial charge in [-0.2, -0.15) is 0 Å². The molecule has 0 radical (unpaired) electrons. The second kappa shape index (κ2) is 7.39. The Morgan fingerprint density at radius 2 is 1.86 bits per heavy atom. The van der Waals surface area contributed by atoms with Gasteiger partial charge < -0.3 is 15.3 Å². The van der Waals surface area contributed by atoms with Crippen molar-refractivity contribution in [3.8, 4) is 0 Å². The van der Waals surface area contributed by atoms with E-state index in [-0.39, 0.29) is 0 Å². The first kappa shape index (κ1) is 16.5. The normalized spacial score (nSPS) is 19.1. The monoisotopic (exact) mass is 290 g/mol. The molecule has 1 aromatic rings. The highest BCUT2D eigenvalue weighted by molar-refractivity contribution is 5.24. The first-order valence-electron chi connectivity index (χ1n) is 8.17. The van der Waals surface area contributed by atoms with Crippen molar-refractivity contribution >= 4 is 0 Å². The third-order valence-electron chi connectivity index (χ3n) is 4.73. The van der Waals surface area contributed by atoms with E-state index in [0.717, 1.165) is 32.4 Å². The largest absolute Gasteiger partial charge is 0.389 e. The number of likely N-dealkylation sites (N-methyl/N-ethyl adjacent to an activating group) is 1. The molecule has 21 heavy (non-hydrogen) atoms. The van der Waals surface area contributed by atoms with Crippen LogP contribution in [0, 0.1) is 6.92 Å². The second-order valence-corrected chi connectivity index (χ2v) is 6.71. The predicted octanol–water partition coefficient (Wildman–Crippen LogP) is 2.88. The minimum absolute atomic E-state index is 0.381. The van der Waals surface area contributed by atoms with Crippen molar-refractivity contribution in [2.45, 2.75) is 50.7 Å². The number of hydrogen-bond acceptors (Lipinski definition) is 3. The van der Waals surface area contributed by atoms with Crippen molar-refractivity contribution in [2.24, 2.45) is 0 Å². The van der Waals surface area contributed by atoms with Crippen LogP contribution in [0.4, 0.5) is 0 Å². The van der Waals surface area contributed by atoms with Crippen molar-refractivity contribution in [3.63, 3.8) is 0 Å². The third kappa shape index (κ3) is 4.80. The van der Waals surface area contributed by atoms with E-state index in [2.05, 4.69) is 48.5 Å². The van der Waals surface area contributed by atoms with E-state index in [1.807, 2.05) is 7.05 Å². The highest BCUT2D eigenvalue weighted by Crippen LogP contribution is 2.30. The van der Waals surface area contributed by atoms with Crippen LogP contribution in [0.3, 0.4) is 0 Å². The summed E-state index contributed by atoms with van der Waals surface area (Å²) in [5.41, 5.74) is 2.21. The van der Waals surface area contributed by atoms with E-state index < -0.39 is 5.60 Å². The van der Waals surface area contributed by atoms with Crippen LogP contribution in [-0.4, -0.2) is 42.8 Å². The molecule has 0 amide bonds. The molecule has 1 fully saturated rings. The molecule has 0 bridgehead atoms. The maximum absolute atomic E-state index is 10.5. The number of hydrogen-bond donors (Lipinski definition) is 2. The van der Waals surface area contributed by atoms with Gasteiger partial charge in [-0.3, -0.25) is 0 Å². The van der Waals surface area contributed by atoms with Crippen LogP contribution >= 0.6 is 0 Å². The maximum Gasteiger partial charge on any atom is 0.0774 e. The molecular formula is C18H30N2O. The Balaban J connectivity index is 1.83. The number of benzene rings is 1.